The number of amides is 2. The zero-order chi connectivity index (χ0) is 20.6. The van der Waals surface area contributed by atoms with Crippen LogP contribution in [0.25, 0.3) is 0 Å². The van der Waals surface area contributed by atoms with Crippen molar-refractivity contribution >= 4 is 23.2 Å². The minimum Gasteiger partial charge on any atom is -0.497 e. The van der Waals surface area contributed by atoms with Crippen molar-refractivity contribution in [2.24, 2.45) is 0 Å². The first-order valence-electron chi connectivity index (χ1n) is 10.2. The van der Waals surface area contributed by atoms with Crippen molar-refractivity contribution in [3.8, 4) is 5.75 Å². The molecule has 6 heteroatoms. The van der Waals surface area contributed by atoms with Gasteiger partial charge in [0.25, 0.3) is 5.91 Å². The van der Waals surface area contributed by atoms with E-state index in [2.05, 4.69) is 17.1 Å². The molecule has 29 heavy (non-hydrogen) atoms. The number of benzene rings is 2. The standard InChI is InChI=1S/C23H29N3O3/c1-3-4-8-22(27)26-15-13-25(14-16-26)20-11-9-19(10-12-20)24-23(28)18-6-5-7-21(17-18)29-2/h5-7,9-12,17H,3-4,8,13-16H2,1-2H3,(H,24,28). The van der Waals surface area contributed by atoms with Crippen molar-refractivity contribution in [3.63, 3.8) is 0 Å². The highest BCUT2D eigenvalue weighted by molar-refractivity contribution is 6.04. The fourth-order valence-electron chi connectivity index (χ4n) is 3.42. The molecule has 154 valence electrons. The highest BCUT2D eigenvalue weighted by atomic mass is 16.5. The fraction of sp³-hybridized carbons (Fsp3) is 0.391. The van der Waals surface area contributed by atoms with Gasteiger partial charge >= 0.3 is 0 Å². The molecule has 1 N–H and O–H groups in total. The van der Waals surface area contributed by atoms with E-state index in [1.54, 1.807) is 25.3 Å². The number of hydrogen-bond donors (Lipinski definition) is 1. The van der Waals surface area contributed by atoms with Crippen LogP contribution < -0.4 is 15.0 Å². The third kappa shape index (κ3) is 5.50. The molecule has 0 saturated carbocycles. The summed E-state index contributed by atoms with van der Waals surface area (Å²) in [7, 11) is 1.58. The van der Waals surface area contributed by atoms with Crippen molar-refractivity contribution in [2.75, 3.05) is 43.5 Å². The van der Waals surface area contributed by atoms with Gasteiger partial charge in [-0.2, -0.15) is 0 Å². The molecule has 6 nitrogen and oxygen atoms in total. The molecule has 0 spiro atoms. The summed E-state index contributed by atoms with van der Waals surface area (Å²) < 4.78 is 5.17. The van der Waals surface area contributed by atoms with Gasteiger partial charge in [-0.25, -0.2) is 0 Å². The first-order chi connectivity index (χ1) is 14.1. The quantitative estimate of drug-likeness (QED) is 0.775. The van der Waals surface area contributed by atoms with E-state index in [1.165, 1.54) is 0 Å². The van der Waals surface area contributed by atoms with Crippen LogP contribution in [0.4, 0.5) is 11.4 Å². The number of unbranched alkanes of at least 4 members (excludes halogenated alkanes) is 1. The second kappa shape index (κ2) is 9.96. The van der Waals surface area contributed by atoms with E-state index >= 15 is 0 Å². The Kier molecular flexibility index (Phi) is 7.11. The summed E-state index contributed by atoms with van der Waals surface area (Å²) in [5.74, 6) is 0.748. The maximum atomic E-state index is 12.4. The number of carbonyl (C=O) groups excluding carboxylic acids is 2. The van der Waals surface area contributed by atoms with Gasteiger partial charge in [0, 0.05) is 49.5 Å². The van der Waals surface area contributed by atoms with Crippen LogP contribution in [0.1, 0.15) is 36.5 Å². The van der Waals surface area contributed by atoms with Crippen LogP contribution >= 0.6 is 0 Å². The van der Waals surface area contributed by atoms with Crippen LogP contribution in [0.3, 0.4) is 0 Å². The molecule has 3 rings (SSSR count). The van der Waals surface area contributed by atoms with Crippen LogP contribution in [0.5, 0.6) is 5.75 Å². The largest absolute Gasteiger partial charge is 0.497 e. The number of piperazine rings is 1. The van der Waals surface area contributed by atoms with Crippen molar-refractivity contribution in [2.45, 2.75) is 26.2 Å². The Bertz CT molecular complexity index is 828. The normalized spacial score (nSPS) is 13.9. The maximum absolute atomic E-state index is 12.4. The number of rotatable bonds is 7. The lowest BCUT2D eigenvalue weighted by Gasteiger charge is -2.36. The third-order valence-corrected chi connectivity index (χ3v) is 5.20. The molecule has 0 bridgehead atoms. The number of anilines is 2. The zero-order valence-corrected chi connectivity index (χ0v) is 17.2. The summed E-state index contributed by atoms with van der Waals surface area (Å²) >= 11 is 0. The molecule has 2 aromatic rings. The summed E-state index contributed by atoms with van der Waals surface area (Å²) in [5.41, 5.74) is 2.40. The maximum Gasteiger partial charge on any atom is 0.255 e. The Morgan fingerprint density at radius 3 is 2.41 bits per heavy atom. The van der Waals surface area contributed by atoms with E-state index in [0.29, 0.717) is 17.7 Å². The van der Waals surface area contributed by atoms with Gasteiger partial charge in [0.15, 0.2) is 0 Å². The number of carbonyl (C=O) groups is 2. The molecule has 1 aliphatic heterocycles. The number of nitrogens with zero attached hydrogens (tertiary/aromatic N) is 2. The summed E-state index contributed by atoms with van der Waals surface area (Å²) in [6, 6.07) is 14.9. The average Bonchev–Trinajstić information content (AvgIpc) is 2.78. The van der Waals surface area contributed by atoms with Gasteiger partial charge in [0.1, 0.15) is 5.75 Å². The number of methoxy groups -OCH3 is 1. The van der Waals surface area contributed by atoms with E-state index < -0.39 is 0 Å². The van der Waals surface area contributed by atoms with Crippen LogP contribution in [0.2, 0.25) is 0 Å². The van der Waals surface area contributed by atoms with Gasteiger partial charge in [-0.05, 0) is 48.9 Å². The second-order valence-electron chi connectivity index (χ2n) is 7.20. The highest BCUT2D eigenvalue weighted by Gasteiger charge is 2.20. The van der Waals surface area contributed by atoms with Gasteiger partial charge in [0.2, 0.25) is 5.91 Å². The van der Waals surface area contributed by atoms with Crippen LogP contribution in [0.15, 0.2) is 48.5 Å². The molecule has 0 aliphatic carbocycles. The minimum atomic E-state index is -0.171. The average molecular weight is 396 g/mol. The second-order valence-corrected chi connectivity index (χ2v) is 7.20. The van der Waals surface area contributed by atoms with E-state index in [1.807, 2.05) is 35.2 Å². The molecule has 2 amide bonds. The van der Waals surface area contributed by atoms with Gasteiger partial charge in [-0.1, -0.05) is 19.4 Å². The first-order valence-corrected chi connectivity index (χ1v) is 10.2. The van der Waals surface area contributed by atoms with E-state index in [4.69, 9.17) is 4.74 Å². The lowest BCUT2D eigenvalue weighted by atomic mass is 10.2. The van der Waals surface area contributed by atoms with Crippen molar-refractivity contribution < 1.29 is 14.3 Å². The lowest BCUT2D eigenvalue weighted by molar-refractivity contribution is -0.131. The summed E-state index contributed by atoms with van der Waals surface area (Å²) in [4.78, 5) is 28.8. The third-order valence-electron chi connectivity index (χ3n) is 5.20. The Hall–Kier alpha value is -3.02. The summed E-state index contributed by atoms with van der Waals surface area (Å²) in [6.45, 7) is 5.28. The molecule has 0 atom stereocenters. The molecule has 0 aromatic heterocycles. The van der Waals surface area contributed by atoms with Crippen molar-refractivity contribution in [3.05, 3.63) is 54.1 Å². The van der Waals surface area contributed by atoms with Crippen molar-refractivity contribution in [1.29, 1.82) is 0 Å². The Morgan fingerprint density at radius 1 is 1.03 bits per heavy atom. The van der Waals surface area contributed by atoms with Gasteiger partial charge in [-0.15, -0.1) is 0 Å². The van der Waals surface area contributed by atoms with Crippen LogP contribution in [-0.4, -0.2) is 50.0 Å². The fourth-order valence-corrected chi connectivity index (χ4v) is 3.42. The number of hydrogen-bond acceptors (Lipinski definition) is 4. The number of nitrogens with one attached hydrogen (secondary N) is 1. The lowest BCUT2D eigenvalue weighted by Crippen LogP contribution is -2.48. The Morgan fingerprint density at radius 2 is 1.76 bits per heavy atom. The van der Waals surface area contributed by atoms with Gasteiger partial charge < -0.3 is 19.9 Å². The predicted octanol–water partition coefficient (Wildman–Crippen LogP) is 3.79. The highest BCUT2D eigenvalue weighted by Crippen LogP contribution is 2.21. The monoisotopic (exact) mass is 395 g/mol. The van der Waals surface area contributed by atoms with Crippen LogP contribution in [-0.2, 0) is 4.79 Å². The molecule has 1 saturated heterocycles. The number of ether oxygens (including phenoxy) is 1. The van der Waals surface area contributed by atoms with E-state index in [0.717, 1.165) is 50.4 Å². The van der Waals surface area contributed by atoms with E-state index in [9.17, 15) is 9.59 Å². The molecule has 1 aliphatic rings. The molecular formula is C23H29N3O3. The van der Waals surface area contributed by atoms with Crippen LogP contribution in [0, 0.1) is 0 Å². The molecule has 1 heterocycles. The molecule has 2 aromatic carbocycles. The smallest absolute Gasteiger partial charge is 0.255 e. The first kappa shape index (κ1) is 20.7. The summed E-state index contributed by atoms with van der Waals surface area (Å²) in [6.07, 6.45) is 2.66. The van der Waals surface area contributed by atoms with Gasteiger partial charge in [-0.3, -0.25) is 9.59 Å². The summed E-state index contributed by atoms with van der Waals surface area (Å²) in [5, 5.41) is 2.92. The Balaban J connectivity index is 1.54. The minimum absolute atomic E-state index is 0.171. The zero-order valence-electron chi connectivity index (χ0n) is 17.2. The van der Waals surface area contributed by atoms with Crippen molar-refractivity contribution in [1.82, 2.24) is 4.90 Å². The predicted molar refractivity (Wildman–Crippen MR) is 116 cm³/mol. The molecule has 0 radical (unpaired) electrons. The molecule has 1 fully saturated rings. The SMILES string of the molecule is CCCCC(=O)N1CCN(c2ccc(NC(=O)c3cccc(OC)c3)cc2)CC1. The van der Waals surface area contributed by atoms with Gasteiger partial charge in [0.05, 0.1) is 7.11 Å². The molecule has 0 unspecified atom stereocenters. The topological polar surface area (TPSA) is 61.9 Å². The molecular weight excluding hydrogens is 366 g/mol. The Labute approximate surface area is 172 Å². The van der Waals surface area contributed by atoms with E-state index in [-0.39, 0.29) is 11.8 Å².